The Labute approximate surface area is 141 Å². The predicted molar refractivity (Wildman–Crippen MR) is 93.5 cm³/mol. The summed E-state index contributed by atoms with van der Waals surface area (Å²) in [5.74, 6) is 1.96. The van der Waals surface area contributed by atoms with Crippen LogP contribution in [0.3, 0.4) is 0 Å². The van der Waals surface area contributed by atoms with Gasteiger partial charge in [0.25, 0.3) is 0 Å². The van der Waals surface area contributed by atoms with Gasteiger partial charge < -0.3 is 15.0 Å². The van der Waals surface area contributed by atoms with Gasteiger partial charge in [-0.2, -0.15) is 0 Å². The van der Waals surface area contributed by atoms with Gasteiger partial charge in [-0.05, 0) is 18.3 Å². The molecule has 134 valence electrons. The SMILES string of the molecule is CC[C@H]1CCCC[C@H]1CN1CCN(CC(=O)NCCOC)CC1. The van der Waals surface area contributed by atoms with Gasteiger partial charge in [-0.1, -0.05) is 32.6 Å². The molecule has 1 saturated heterocycles. The van der Waals surface area contributed by atoms with Crippen molar-refractivity contribution in [3.8, 4) is 0 Å². The van der Waals surface area contributed by atoms with Crippen LogP contribution in [0.2, 0.25) is 0 Å². The third kappa shape index (κ3) is 6.40. The zero-order chi connectivity index (χ0) is 16.5. The molecule has 5 heteroatoms. The number of hydrogen-bond acceptors (Lipinski definition) is 4. The highest BCUT2D eigenvalue weighted by Crippen LogP contribution is 2.32. The van der Waals surface area contributed by atoms with Crippen LogP contribution in [0, 0.1) is 11.8 Å². The lowest BCUT2D eigenvalue weighted by Gasteiger charge is -2.39. The Morgan fingerprint density at radius 3 is 2.39 bits per heavy atom. The maximum Gasteiger partial charge on any atom is 0.234 e. The van der Waals surface area contributed by atoms with Gasteiger partial charge in [0.1, 0.15) is 0 Å². The number of rotatable bonds is 8. The molecule has 0 bridgehead atoms. The van der Waals surface area contributed by atoms with Crippen molar-refractivity contribution in [2.75, 3.05) is 59.5 Å². The Balaban J connectivity index is 1.64. The molecule has 1 heterocycles. The molecule has 2 rings (SSSR count). The summed E-state index contributed by atoms with van der Waals surface area (Å²) in [5.41, 5.74) is 0. The number of amides is 1. The van der Waals surface area contributed by atoms with Gasteiger partial charge in [0.05, 0.1) is 13.2 Å². The highest BCUT2D eigenvalue weighted by Gasteiger charge is 2.27. The van der Waals surface area contributed by atoms with Crippen molar-refractivity contribution < 1.29 is 9.53 Å². The van der Waals surface area contributed by atoms with E-state index in [9.17, 15) is 4.79 Å². The van der Waals surface area contributed by atoms with Gasteiger partial charge in [0.2, 0.25) is 5.91 Å². The van der Waals surface area contributed by atoms with E-state index in [1.165, 1.54) is 38.6 Å². The Bertz CT molecular complexity index is 343. The summed E-state index contributed by atoms with van der Waals surface area (Å²) in [4.78, 5) is 16.7. The molecule has 23 heavy (non-hydrogen) atoms. The second-order valence-corrected chi connectivity index (χ2v) is 7.13. The van der Waals surface area contributed by atoms with Crippen molar-refractivity contribution in [3.05, 3.63) is 0 Å². The van der Waals surface area contributed by atoms with E-state index in [1.807, 2.05) is 0 Å². The first-order chi connectivity index (χ1) is 11.2. The highest BCUT2D eigenvalue weighted by molar-refractivity contribution is 5.77. The zero-order valence-corrected chi connectivity index (χ0v) is 15.1. The Hall–Kier alpha value is -0.650. The summed E-state index contributed by atoms with van der Waals surface area (Å²) in [7, 11) is 1.65. The molecule has 0 aromatic rings. The third-order valence-electron chi connectivity index (χ3n) is 5.54. The molecule has 1 amide bonds. The molecule has 0 radical (unpaired) electrons. The topological polar surface area (TPSA) is 44.8 Å². The predicted octanol–water partition coefficient (Wildman–Crippen LogP) is 1.58. The third-order valence-corrected chi connectivity index (χ3v) is 5.54. The van der Waals surface area contributed by atoms with Crippen LogP contribution in [-0.2, 0) is 9.53 Å². The number of nitrogens with zero attached hydrogens (tertiary/aromatic N) is 2. The van der Waals surface area contributed by atoms with Crippen molar-refractivity contribution in [2.24, 2.45) is 11.8 Å². The summed E-state index contributed by atoms with van der Waals surface area (Å²) in [6.45, 7) is 9.59. The Kier molecular flexibility index (Phi) is 8.34. The molecule has 1 saturated carbocycles. The van der Waals surface area contributed by atoms with Crippen LogP contribution in [0.25, 0.3) is 0 Å². The molecular formula is C18H35N3O2. The minimum Gasteiger partial charge on any atom is -0.383 e. The summed E-state index contributed by atoms with van der Waals surface area (Å²) in [6, 6.07) is 0. The second-order valence-electron chi connectivity index (χ2n) is 7.13. The molecular weight excluding hydrogens is 290 g/mol. The minimum atomic E-state index is 0.119. The molecule has 0 aromatic carbocycles. The largest absolute Gasteiger partial charge is 0.383 e. The lowest BCUT2D eigenvalue weighted by Crippen LogP contribution is -2.51. The zero-order valence-electron chi connectivity index (χ0n) is 15.1. The minimum absolute atomic E-state index is 0.119. The van der Waals surface area contributed by atoms with E-state index < -0.39 is 0 Å². The van der Waals surface area contributed by atoms with Crippen LogP contribution < -0.4 is 5.32 Å². The quantitative estimate of drug-likeness (QED) is 0.688. The van der Waals surface area contributed by atoms with Crippen LogP contribution in [0.15, 0.2) is 0 Å². The maximum absolute atomic E-state index is 11.8. The Morgan fingerprint density at radius 1 is 1.09 bits per heavy atom. The normalized spacial score (nSPS) is 27.0. The fourth-order valence-electron chi connectivity index (χ4n) is 4.08. The van der Waals surface area contributed by atoms with Crippen LogP contribution in [0.5, 0.6) is 0 Å². The summed E-state index contributed by atoms with van der Waals surface area (Å²) in [6.07, 6.45) is 7.04. The fourth-order valence-corrected chi connectivity index (χ4v) is 4.08. The molecule has 0 aromatic heterocycles. The molecule has 1 N–H and O–H groups in total. The van der Waals surface area contributed by atoms with Crippen molar-refractivity contribution >= 4 is 5.91 Å². The van der Waals surface area contributed by atoms with Crippen LogP contribution >= 0.6 is 0 Å². The van der Waals surface area contributed by atoms with Crippen molar-refractivity contribution in [1.29, 1.82) is 0 Å². The van der Waals surface area contributed by atoms with Crippen molar-refractivity contribution in [2.45, 2.75) is 39.0 Å². The van der Waals surface area contributed by atoms with Crippen LogP contribution in [-0.4, -0.2) is 75.2 Å². The molecule has 0 unspecified atom stereocenters. The van der Waals surface area contributed by atoms with E-state index in [1.54, 1.807) is 7.11 Å². The van der Waals surface area contributed by atoms with Crippen LogP contribution in [0.1, 0.15) is 39.0 Å². The van der Waals surface area contributed by atoms with Gasteiger partial charge in [-0.25, -0.2) is 0 Å². The molecule has 2 atom stereocenters. The fraction of sp³-hybridized carbons (Fsp3) is 0.944. The lowest BCUT2D eigenvalue weighted by atomic mass is 9.77. The number of piperazine rings is 1. The molecule has 2 fully saturated rings. The average Bonchev–Trinajstić information content (AvgIpc) is 2.57. The molecule has 2 aliphatic rings. The first-order valence-corrected chi connectivity index (χ1v) is 9.43. The monoisotopic (exact) mass is 325 g/mol. The number of ether oxygens (including phenoxy) is 1. The van der Waals surface area contributed by atoms with E-state index in [0.717, 1.165) is 38.0 Å². The first kappa shape index (κ1) is 18.7. The van der Waals surface area contributed by atoms with E-state index in [2.05, 4.69) is 22.0 Å². The summed E-state index contributed by atoms with van der Waals surface area (Å²) < 4.78 is 4.95. The van der Waals surface area contributed by atoms with E-state index in [0.29, 0.717) is 19.7 Å². The molecule has 1 aliphatic heterocycles. The van der Waals surface area contributed by atoms with E-state index in [-0.39, 0.29) is 5.91 Å². The number of carbonyl (C=O) groups is 1. The lowest BCUT2D eigenvalue weighted by molar-refractivity contribution is -0.122. The first-order valence-electron chi connectivity index (χ1n) is 9.43. The van der Waals surface area contributed by atoms with Crippen LogP contribution in [0.4, 0.5) is 0 Å². The molecule has 1 aliphatic carbocycles. The van der Waals surface area contributed by atoms with Gasteiger partial charge >= 0.3 is 0 Å². The van der Waals surface area contributed by atoms with E-state index in [4.69, 9.17) is 4.74 Å². The second kappa shape index (κ2) is 10.3. The van der Waals surface area contributed by atoms with Gasteiger partial charge in [-0.15, -0.1) is 0 Å². The standard InChI is InChI=1S/C18H35N3O2/c1-3-16-6-4-5-7-17(16)14-20-9-11-21(12-10-20)15-18(22)19-8-13-23-2/h16-17H,3-15H2,1-2H3,(H,19,22)/t16-,17-/m0/s1. The molecule has 0 spiro atoms. The van der Waals surface area contributed by atoms with Gasteiger partial charge in [-0.3, -0.25) is 9.69 Å². The highest BCUT2D eigenvalue weighted by atomic mass is 16.5. The molecule has 5 nitrogen and oxygen atoms in total. The van der Waals surface area contributed by atoms with E-state index >= 15 is 0 Å². The number of methoxy groups -OCH3 is 1. The van der Waals surface area contributed by atoms with Gasteiger partial charge in [0, 0.05) is 46.4 Å². The summed E-state index contributed by atoms with van der Waals surface area (Å²) in [5, 5.41) is 2.90. The summed E-state index contributed by atoms with van der Waals surface area (Å²) >= 11 is 0. The van der Waals surface area contributed by atoms with Crippen molar-refractivity contribution in [3.63, 3.8) is 0 Å². The number of nitrogens with one attached hydrogen (secondary N) is 1. The number of hydrogen-bond donors (Lipinski definition) is 1. The smallest absolute Gasteiger partial charge is 0.234 e. The van der Waals surface area contributed by atoms with Crippen molar-refractivity contribution in [1.82, 2.24) is 15.1 Å². The average molecular weight is 325 g/mol. The Morgan fingerprint density at radius 2 is 1.74 bits per heavy atom. The maximum atomic E-state index is 11.8. The van der Waals surface area contributed by atoms with Gasteiger partial charge in [0.15, 0.2) is 0 Å². The number of carbonyl (C=O) groups excluding carboxylic acids is 1.